The number of hydrogen-bond acceptors (Lipinski definition) is 4. The molecule has 0 amide bonds. The molecule has 6 heteroatoms. The van der Waals surface area contributed by atoms with Crippen LogP contribution in [0.5, 0.6) is 5.75 Å². The molecule has 1 unspecified atom stereocenters. The minimum atomic E-state index is -1.66. The Morgan fingerprint density at radius 1 is 1.32 bits per heavy atom. The van der Waals surface area contributed by atoms with Crippen molar-refractivity contribution in [3.63, 3.8) is 0 Å². The molecule has 1 aromatic rings. The van der Waals surface area contributed by atoms with Crippen molar-refractivity contribution in [1.29, 1.82) is 0 Å². The van der Waals surface area contributed by atoms with Gasteiger partial charge in [0.1, 0.15) is 5.75 Å². The lowest BCUT2D eigenvalue weighted by Crippen LogP contribution is -2.12. The Hall–Kier alpha value is -2.08. The molecule has 19 heavy (non-hydrogen) atoms. The summed E-state index contributed by atoms with van der Waals surface area (Å²) in [4.78, 5) is 21.3. The maximum absolute atomic E-state index is 10.8. The van der Waals surface area contributed by atoms with Gasteiger partial charge in [-0.15, -0.1) is 0 Å². The summed E-state index contributed by atoms with van der Waals surface area (Å²) in [6.07, 6.45) is -1.36. The molecule has 6 nitrogen and oxygen atoms in total. The van der Waals surface area contributed by atoms with Gasteiger partial charge in [0, 0.05) is 12.0 Å². The normalized spacial score (nSPS) is 11.9. The second kappa shape index (κ2) is 6.75. The molecule has 0 aliphatic rings. The van der Waals surface area contributed by atoms with E-state index in [-0.39, 0.29) is 17.7 Å². The van der Waals surface area contributed by atoms with Crippen LogP contribution in [0.2, 0.25) is 0 Å². The highest BCUT2D eigenvalue weighted by Crippen LogP contribution is 2.27. The molecular weight excluding hydrogens is 252 g/mol. The van der Waals surface area contributed by atoms with Gasteiger partial charge in [0.05, 0.1) is 6.61 Å². The maximum atomic E-state index is 10.8. The average Bonchev–Trinajstić information content (AvgIpc) is 2.36. The Bertz CT molecular complexity index is 468. The molecule has 104 valence electrons. The van der Waals surface area contributed by atoms with E-state index in [0.29, 0.717) is 18.6 Å². The highest BCUT2D eigenvalue weighted by molar-refractivity contribution is 5.75. The van der Waals surface area contributed by atoms with Crippen LogP contribution in [0.25, 0.3) is 0 Å². The lowest BCUT2D eigenvalue weighted by Gasteiger charge is -2.14. The Kier molecular flexibility index (Phi) is 5.32. The number of rotatable bonds is 7. The number of aliphatic hydroxyl groups is 1. The van der Waals surface area contributed by atoms with Crippen LogP contribution in [0.15, 0.2) is 18.2 Å². The molecule has 3 N–H and O–H groups in total. The Morgan fingerprint density at radius 3 is 2.53 bits per heavy atom. The van der Waals surface area contributed by atoms with Crippen LogP contribution in [-0.4, -0.2) is 33.9 Å². The lowest BCUT2D eigenvalue weighted by atomic mass is 10.0. The summed E-state index contributed by atoms with van der Waals surface area (Å²) in [6, 6.07) is 4.60. The second-order valence-electron chi connectivity index (χ2n) is 3.94. The van der Waals surface area contributed by atoms with Crippen molar-refractivity contribution in [2.24, 2.45) is 0 Å². The number of benzene rings is 1. The van der Waals surface area contributed by atoms with Crippen molar-refractivity contribution in [3.8, 4) is 5.75 Å². The Labute approximate surface area is 110 Å². The molecule has 0 saturated carbocycles. The van der Waals surface area contributed by atoms with E-state index in [9.17, 15) is 14.7 Å². The van der Waals surface area contributed by atoms with E-state index >= 15 is 0 Å². The molecular formula is C13H16O6. The van der Waals surface area contributed by atoms with E-state index in [4.69, 9.17) is 14.9 Å². The van der Waals surface area contributed by atoms with Gasteiger partial charge in [0.2, 0.25) is 0 Å². The van der Waals surface area contributed by atoms with Gasteiger partial charge < -0.3 is 20.1 Å². The van der Waals surface area contributed by atoms with Gasteiger partial charge in [-0.05, 0) is 25.0 Å². The minimum Gasteiger partial charge on any atom is -0.493 e. The third kappa shape index (κ3) is 4.26. The molecule has 0 spiro atoms. The van der Waals surface area contributed by atoms with E-state index in [2.05, 4.69) is 0 Å². The number of hydrogen-bond donors (Lipinski definition) is 3. The maximum Gasteiger partial charge on any atom is 0.337 e. The topological polar surface area (TPSA) is 104 Å². The molecule has 0 saturated heterocycles. The summed E-state index contributed by atoms with van der Waals surface area (Å²) >= 11 is 0. The van der Waals surface area contributed by atoms with Crippen molar-refractivity contribution in [2.45, 2.75) is 25.9 Å². The molecule has 0 aliphatic heterocycles. The second-order valence-corrected chi connectivity index (χ2v) is 3.94. The highest BCUT2D eigenvalue weighted by atomic mass is 16.5. The number of carbonyl (C=O) groups is 2. The fourth-order valence-corrected chi connectivity index (χ4v) is 1.62. The molecule has 1 atom stereocenters. The fraction of sp³-hybridized carbons (Fsp3) is 0.385. The van der Waals surface area contributed by atoms with Crippen molar-refractivity contribution < 1.29 is 29.6 Å². The minimum absolute atomic E-state index is 0.0214. The zero-order valence-electron chi connectivity index (χ0n) is 10.5. The molecule has 0 heterocycles. The van der Waals surface area contributed by atoms with Crippen LogP contribution in [0.4, 0.5) is 0 Å². The number of carboxylic acids is 2. The van der Waals surface area contributed by atoms with Gasteiger partial charge in [-0.2, -0.15) is 0 Å². The summed E-state index contributed by atoms with van der Waals surface area (Å²) in [5.74, 6) is -2.01. The molecule has 0 bridgehead atoms. The van der Waals surface area contributed by atoms with Crippen molar-refractivity contribution in [2.75, 3.05) is 6.61 Å². The zero-order chi connectivity index (χ0) is 14.4. The summed E-state index contributed by atoms with van der Waals surface area (Å²) in [5.41, 5.74) is 0.876. The number of carboxylic acid groups (broad SMARTS) is 2. The van der Waals surface area contributed by atoms with Crippen LogP contribution in [-0.2, 0) is 16.0 Å². The molecule has 1 rings (SSSR count). The third-order valence-corrected chi connectivity index (χ3v) is 2.53. The van der Waals surface area contributed by atoms with E-state index in [1.807, 2.05) is 0 Å². The summed E-state index contributed by atoms with van der Waals surface area (Å²) in [6.45, 7) is 2.06. The predicted molar refractivity (Wildman–Crippen MR) is 66.2 cm³/mol. The van der Waals surface area contributed by atoms with Crippen LogP contribution >= 0.6 is 0 Å². The van der Waals surface area contributed by atoms with Gasteiger partial charge in [0.15, 0.2) is 6.10 Å². The third-order valence-electron chi connectivity index (χ3n) is 2.53. The monoisotopic (exact) mass is 268 g/mol. The summed E-state index contributed by atoms with van der Waals surface area (Å²) < 4.78 is 5.29. The molecule has 0 aliphatic carbocycles. The van der Waals surface area contributed by atoms with Gasteiger partial charge in [0.25, 0.3) is 0 Å². The first kappa shape index (κ1) is 15.0. The molecule has 0 radical (unpaired) electrons. The van der Waals surface area contributed by atoms with E-state index in [1.165, 1.54) is 6.07 Å². The van der Waals surface area contributed by atoms with Crippen molar-refractivity contribution >= 4 is 11.9 Å². The van der Waals surface area contributed by atoms with Crippen LogP contribution in [0, 0.1) is 0 Å². The lowest BCUT2D eigenvalue weighted by molar-refractivity contribution is -0.147. The zero-order valence-corrected chi connectivity index (χ0v) is 10.5. The largest absolute Gasteiger partial charge is 0.493 e. The number of aliphatic hydroxyl groups excluding tert-OH is 1. The van der Waals surface area contributed by atoms with Crippen molar-refractivity contribution in [3.05, 3.63) is 29.3 Å². The quantitative estimate of drug-likeness (QED) is 0.687. The van der Waals surface area contributed by atoms with E-state index < -0.39 is 18.0 Å². The Morgan fingerprint density at radius 2 is 2.00 bits per heavy atom. The molecule has 0 fully saturated rings. The highest BCUT2D eigenvalue weighted by Gasteiger charge is 2.20. The first-order chi connectivity index (χ1) is 8.95. The van der Waals surface area contributed by atoms with Crippen LogP contribution < -0.4 is 4.74 Å². The van der Waals surface area contributed by atoms with Gasteiger partial charge >= 0.3 is 11.9 Å². The fourth-order valence-electron chi connectivity index (χ4n) is 1.62. The smallest absolute Gasteiger partial charge is 0.337 e. The van der Waals surface area contributed by atoms with Gasteiger partial charge in [-0.25, -0.2) is 4.79 Å². The number of aryl methyl sites for hydroxylation is 1. The first-order valence-electron chi connectivity index (χ1n) is 5.84. The van der Waals surface area contributed by atoms with E-state index in [1.54, 1.807) is 19.1 Å². The van der Waals surface area contributed by atoms with Crippen molar-refractivity contribution in [1.82, 2.24) is 0 Å². The summed E-state index contributed by atoms with van der Waals surface area (Å²) in [7, 11) is 0. The molecule has 0 aromatic heterocycles. The number of aliphatic carboxylic acids is 2. The standard InChI is InChI=1S/C13H16O6/c1-2-19-10-7-8(4-6-11(14)15)3-5-9(10)12(16)13(17)18/h3,5,7,12,16H,2,4,6H2,1H3,(H,14,15)(H,17,18). The van der Waals surface area contributed by atoms with E-state index in [0.717, 1.165) is 0 Å². The Balaban J connectivity index is 3.00. The van der Waals surface area contributed by atoms with Gasteiger partial charge in [-0.1, -0.05) is 12.1 Å². The van der Waals surface area contributed by atoms with Crippen LogP contribution in [0.1, 0.15) is 30.6 Å². The predicted octanol–water partition coefficient (Wildman–Crippen LogP) is 1.22. The van der Waals surface area contributed by atoms with Gasteiger partial charge in [-0.3, -0.25) is 4.79 Å². The SMILES string of the molecule is CCOc1cc(CCC(=O)O)ccc1C(O)C(=O)O. The average molecular weight is 268 g/mol. The molecule has 1 aromatic carbocycles. The first-order valence-corrected chi connectivity index (χ1v) is 5.84. The van der Waals surface area contributed by atoms with Crippen LogP contribution in [0.3, 0.4) is 0 Å². The summed E-state index contributed by atoms with van der Waals surface area (Å²) in [5, 5.41) is 26.9. The number of ether oxygens (including phenoxy) is 1.